The van der Waals surface area contributed by atoms with E-state index in [1.165, 1.54) is 24.3 Å². The molecule has 148 valence electrons. The molecule has 0 saturated carbocycles. The number of anilines is 1. The van der Waals surface area contributed by atoms with Crippen molar-refractivity contribution in [2.45, 2.75) is 50.0 Å². The van der Waals surface area contributed by atoms with Gasteiger partial charge in [0, 0.05) is 11.9 Å². The first-order valence-electron chi connectivity index (χ1n) is 8.87. The molecule has 0 unspecified atom stereocenters. The van der Waals surface area contributed by atoms with Gasteiger partial charge in [-0.3, -0.25) is 14.5 Å². The van der Waals surface area contributed by atoms with Gasteiger partial charge in [0.2, 0.25) is 5.91 Å². The van der Waals surface area contributed by atoms with Gasteiger partial charge in [-0.2, -0.15) is 0 Å². The van der Waals surface area contributed by atoms with Crippen LogP contribution in [0.25, 0.3) is 0 Å². The average molecular weight is 395 g/mol. The summed E-state index contributed by atoms with van der Waals surface area (Å²) in [6.45, 7) is 3.44. The molecule has 1 heterocycles. The molecular formula is C18H25N3O5S. The molecule has 1 aliphatic heterocycles. The summed E-state index contributed by atoms with van der Waals surface area (Å²) in [6, 6.07) is 5.22. The van der Waals surface area contributed by atoms with Crippen LogP contribution in [-0.4, -0.2) is 49.5 Å². The van der Waals surface area contributed by atoms with Crippen molar-refractivity contribution >= 4 is 33.4 Å². The normalized spacial score (nSPS) is 16.3. The Morgan fingerprint density at radius 2 is 1.81 bits per heavy atom. The lowest BCUT2D eigenvalue weighted by Crippen LogP contribution is -2.47. The molecule has 1 aromatic rings. The zero-order valence-corrected chi connectivity index (χ0v) is 16.6. The maximum Gasteiger partial charge on any atom is 0.325 e. The minimum Gasteiger partial charge on any atom is -0.324 e. The molecular weight excluding hydrogens is 370 g/mol. The van der Waals surface area contributed by atoms with E-state index in [2.05, 4.69) is 10.6 Å². The van der Waals surface area contributed by atoms with Crippen LogP contribution >= 0.6 is 0 Å². The van der Waals surface area contributed by atoms with Gasteiger partial charge >= 0.3 is 6.03 Å². The van der Waals surface area contributed by atoms with E-state index < -0.39 is 39.8 Å². The van der Waals surface area contributed by atoms with Crippen molar-refractivity contribution in [3.05, 3.63) is 24.3 Å². The molecule has 1 fully saturated rings. The second kappa shape index (κ2) is 8.08. The maximum absolute atomic E-state index is 12.8. The Bertz CT molecular complexity index is 844. The molecule has 2 N–H and O–H groups in total. The van der Waals surface area contributed by atoms with Gasteiger partial charge in [0.25, 0.3) is 5.91 Å². The number of nitrogens with one attached hydrogen (secondary N) is 2. The largest absolute Gasteiger partial charge is 0.325 e. The maximum atomic E-state index is 12.8. The summed E-state index contributed by atoms with van der Waals surface area (Å²) >= 11 is 0. The standard InChI is InChI=1S/C18H25N3O5S/c1-4-9-18(10-5-2)16(23)21(17(24)20-18)12-15(22)19-13-7-6-8-14(11-13)27(3,25)26/h6-8,11H,4-5,9-10,12H2,1-3H3,(H,19,22)(H,20,24). The van der Waals surface area contributed by atoms with Crippen LogP contribution in [0.2, 0.25) is 0 Å². The molecule has 1 saturated heterocycles. The predicted molar refractivity (Wildman–Crippen MR) is 101 cm³/mol. The van der Waals surface area contributed by atoms with E-state index in [-0.39, 0.29) is 10.6 Å². The van der Waals surface area contributed by atoms with Crippen molar-refractivity contribution in [2.75, 3.05) is 18.1 Å². The summed E-state index contributed by atoms with van der Waals surface area (Å²) in [5.41, 5.74) is -0.666. The summed E-state index contributed by atoms with van der Waals surface area (Å²) in [7, 11) is -3.41. The highest BCUT2D eigenvalue weighted by atomic mass is 32.2. The topological polar surface area (TPSA) is 113 Å². The van der Waals surface area contributed by atoms with Gasteiger partial charge in [-0.15, -0.1) is 0 Å². The third kappa shape index (κ3) is 4.65. The van der Waals surface area contributed by atoms with Gasteiger partial charge in [0.05, 0.1) is 4.90 Å². The van der Waals surface area contributed by atoms with Crippen molar-refractivity contribution in [3.63, 3.8) is 0 Å². The number of urea groups is 1. The molecule has 0 aliphatic carbocycles. The van der Waals surface area contributed by atoms with Gasteiger partial charge < -0.3 is 10.6 Å². The SMILES string of the molecule is CCCC1(CCC)NC(=O)N(CC(=O)Nc2cccc(S(C)(=O)=O)c2)C1=O. The lowest BCUT2D eigenvalue weighted by Gasteiger charge is -2.25. The van der Waals surface area contributed by atoms with Crippen LogP contribution in [0.15, 0.2) is 29.2 Å². The molecule has 0 radical (unpaired) electrons. The lowest BCUT2D eigenvalue weighted by molar-refractivity contribution is -0.134. The fourth-order valence-corrected chi connectivity index (χ4v) is 3.95. The highest BCUT2D eigenvalue weighted by Gasteiger charge is 2.50. The van der Waals surface area contributed by atoms with E-state index in [4.69, 9.17) is 0 Å². The number of amides is 4. The highest BCUT2D eigenvalue weighted by molar-refractivity contribution is 7.90. The predicted octanol–water partition coefficient (Wildman–Crippen LogP) is 1.92. The van der Waals surface area contributed by atoms with Crippen molar-refractivity contribution in [1.82, 2.24) is 10.2 Å². The molecule has 8 nitrogen and oxygen atoms in total. The molecule has 2 rings (SSSR count). The van der Waals surface area contributed by atoms with Crippen molar-refractivity contribution in [3.8, 4) is 0 Å². The average Bonchev–Trinajstić information content (AvgIpc) is 2.79. The van der Waals surface area contributed by atoms with Crippen LogP contribution < -0.4 is 10.6 Å². The van der Waals surface area contributed by atoms with E-state index in [1.54, 1.807) is 0 Å². The zero-order chi connectivity index (χ0) is 20.2. The fourth-order valence-electron chi connectivity index (χ4n) is 3.29. The summed E-state index contributed by atoms with van der Waals surface area (Å²) in [6.07, 6.45) is 3.55. The molecule has 1 aliphatic rings. The number of hydrogen-bond donors (Lipinski definition) is 2. The summed E-state index contributed by atoms with van der Waals surface area (Å²) in [5, 5.41) is 5.28. The van der Waals surface area contributed by atoms with Crippen LogP contribution in [0.3, 0.4) is 0 Å². The van der Waals surface area contributed by atoms with Crippen LogP contribution in [0.1, 0.15) is 39.5 Å². The quantitative estimate of drug-likeness (QED) is 0.653. The Balaban J connectivity index is 2.12. The number of imide groups is 1. The third-order valence-electron chi connectivity index (χ3n) is 4.45. The minimum atomic E-state index is -3.41. The van der Waals surface area contributed by atoms with Gasteiger partial charge in [-0.25, -0.2) is 13.2 Å². The number of rotatable bonds is 8. The number of hydrogen-bond acceptors (Lipinski definition) is 5. The van der Waals surface area contributed by atoms with Crippen molar-refractivity contribution in [2.24, 2.45) is 0 Å². The first-order chi connectivity index (χ1) is 12.6. The van der Waals surface area contributed by atoms with E-state index in [1.807, 2.05) is 13.8 Å². The van der Waals surface area contributed by atoms with E-state index >= 15 is 0 Å². The van der Waals surface area contributed by atoms with Crippen LogP contribution in [-0.2, 0) is 19.4 Å². The van der Waals surface area contributed by atoms with Gasteiger partial charge in [0.1, 0.15) is 12.1 Å². The Morgan fingerprint density at radius 1 is 1.19 bits per heavy atom. The Morgan fingerprint density at radius 3 is 2.37 bits per heavy atom. The second-order valence-electron chi connectivity index (χ2n) is 6.75. The monoisotopic (exact) mass is 395 g/mol. The molecule has 27 heavy (non-hydrogen) atoms. The number of benzene rings is 1. The van der Waals surface area contributed by atoms with Gasteiger partial charge in [0.15, 0.2) is 9.84 Å². The highest BCUT2D eigenvalue weighted by Crippen LogP contribution is 2.28. The van der Waals surface area contributed by atoms with Gasteiger partial charge in [-0.1, -0.05) is 32.8 Å². The summed E-state index contributed by atoms with van der Waals surface area (Å²) in [5.74, 6) is -0.968. The van der Waals surface area contributed by atoms with Crippen LogP contribution in [0.5, 0.6) is 0 Å². The first-order valence-corrected chi connectivity index (χ1v) is 10.8. The van der Waals surface area contributed by atoms with Crippen molar-refractivity contribution in [1.29, 1.82) is 0 Å². The summed E-state index contributed by atoms with van der Waals surface area (Å²) in [4.78, 5) is 38.3. The molecule has 1 aromatic carbocycles. The zero-order valence-electron chi connectivity index (χ0n) is 15.7. The number of nitrogens with zero attached hydrogens (tertiary/aromatic N) is 1. The van der Waals surface area contributed by atoms with Crippen LogP contribution in [0.4, 0.5) is 10.5 Å². The molecule has 0 aromatic heterocycles. The van der Waals surface area contributed by atoms with Crippen molar-refractivity contribution < 1.29 is 22.8 Å². The Hall–Kier alpha value is -2.42. The Kier molecular flexibility index (Phi) is 6.25. The molecule has 0 spiro atoms. The van der Waals surface area contributed by atoms with Gasteiger partial charge in [-0.05, 0) is 31.0 Å². The van der Waals surface area contributed by atoms with E-state index in [9.17, 15) is 22.8 Å². The molecule has 0 bridgehead atoms. The van der Waals surface area contributed by atoms with E-state index in [0.29, 0.717) is 12.8 Å². The molecule has 9 heteroatoms. The fraction of sp³-hybridized carbons (Fsp3) is 0.500. The van der Waals surface area contributed by atoms with Crippen LogP contribution in [0, 0.1) is 0 Å². The van der Waals surface area contributed by atoms with E-state index in [0.717, 1.165) is 24.0 Å². The number of sulfone groups is 1. The molecule has 0 atom stereocenters. The summed E-state index contributed by atoms with van der Waals surface area (Å²) < 4.78 is 23.2. The lowest BCUT2D eigenvalue weighted by atomic mass is 9.88. The smallest absolute Gasteiger partial charge is 0.324 e. The Labute approximate surface area is 159 Å². The minimum absolute atomic E-state index is 0.0696. The number of carbonyl (C=O) groups is 3. The second-order valence-corrected chi connectivity index (χ2v) is 8.77. The first kappa shape index (κ1) is 20.9. The number of carbonyl (C=O) groups excluding carboxylic acids is 3. The third-order valence-corrected chi connectivity index (χ3v) is 5.56. The molecule has 4 amide bonds.